The molecule has 1 aromatic heterocycles. The summed E-state index contributed by atoms with van der Waals surface area (Å²) in [5, 5.41) is 8.52. The molecule has 0 radical (unpaired) electrons. The van der Waals surface area contributed by atoms with Crippen molar-refractivity contribution in [1.29, 1.82) is 5.26 Å². The summed E-state index contributed by atoms with van der Waals surface area (Å²) < 4.78 is 18.6. The SMILES string of the molecule is CCOC(=O)C(F)n1ccnc1C#N. The molecule has 0 bridgehead atoms. The second-order valence-electron chi connectivity index (χ2n) is 2.36. The van der Waals surface area contributed by atoms with Gasteiger partial charge in [-0.1, -0.05) is 0 Å². The first-order valence-electron chi connectivity index (χ1n) is 3.94. The van der Waals surface area contributed by atoms with Gasteiger partial charge in [-0.2, -0.15) is 5.26 Å². The molecular formula is C8H8FN3O2. The Morgan fingerprint density at radius 1 is 1.93 bits per heavy atom. The molecular weight excluding hydrogens is 189 g/mol. The number of halogens is 1. The zero-order valence-electron chi connectivity index (χ0n) is 7.48. The van der Waals surface area contributed by atoms with Crippen LogP contribution in [0, 0.1) is 11.3 Å². The van der Waals surface area contributed by atoms with Gasteiger partial charge < -0.3 is 4.74 Å². The number of hydrogen-bond acceptors (Lipinski definition) is 4. The van der Waals surface area contributed by atoms with Crippen molar-refractivity contribution in [1.82, 2.24) is 9.55 Å². The van der Waals surface area contributed by atoms with E-state index in [0.29, 0.717) is 0 Å². The maximum atomic E-state index is 13.3. The molecule has 5 nitrogen and oxygen atoms in total. The number of carbonyl (C=O) groups is 1. The quantitative estimate of drug-likeness (QED) is 0.671. The Morgan fingerprint density at radius 3 is 3.21 bits per heavy atom. The van der Waals surface area contributed by atoms with E-state index < -0.39 is 12.3 Å². The molecule has 1 aromatic rings. The van der Waals surface area contributed by atoms with Crippen molar-refractivity contribution in [3.8, 4) is 6.07 Å². The van der Waals surface area contributed by atoms with Crippen LogP contribution >= 0.6 is 0 Å². The van der Waals surface area contributed by atoms with Gasteiger partial charge in [-0.3, -0.25) is 4.57 Å². The minimum atomic E-state index is -2.01. The van der Waals surface area contributed by atoms with Gasteiger partial charge in [0.15, 0.2) is 0 Å². The number of ether oxygens (including phenoxy) is 1. The van der Waals surface area contributed by atoms with E-state index in [2.05, 4.69) is 9.72 Å². The number of hydrogen-bond donors (Lipinski definition) is 0. The van der Waals surface area contributed by atoms with Crippen LogP contribution in [0.4, 0.5) is 4.39 Å². The second kappa shape index (κ2) is 4.37. The van der Waals surface area contributed by atoms with Gasteiger partial charge in [-0.05, 0) is 6.92 Å². The van der Waals surface area contributed by atoms with Crippen LogP contribution in [-0.2, 0) is 9.53 Å². The predicted octanol–water partition coefficient (Wildman–Crippen LogP) is 0.786. The molecule has 1 heterocycles. The second-order valence-corrected chi connectivity index (χ2v) is 2.36. The molecule has 1 atom stereocenters. The standard InChI is InChI=1S/C8H8FN3O2/c1-2-14-8(13)7(9)12-4-3-11-6(12)5-10/h3-4,7H,2H2,1H3. The van der Waals surface area contributed by atoms with Crippen LogP contribution in [0.15, 0.2) is 12.4 Å². The Morgan fingerprint density at radius 2 is 2.64 bits per heavy atom. The molecule has 0 aliphatic rings. The topological polar surface area (TPSA) is 67.9 Å². The summed E-state index contributed by atoms with van der Waals surface area (Å²) in [6, 6.07) is 1.66. The monoisotopic (exact) mass is 197 g/mol. The smallest absolute Gasteiger partial charge is 0.362 e. The average molecular weight is 197 g/mol. The molecule has 6 heteroatoms. The van der Waals surface area contributed by atoms with Crippen LogP contribution in [0.5, 0.6) is 0 Å². The fraction of sp³-hybridized carbons (Fsp3) is 0.375. The summed E-state index contributed by atoms with van der Waals surface area (Å²) in [5.41, 5.74) is 0. The van der Waals surface area contributed by atoms with Gasteiger partial charge in [-0.25, -0.2) is 14.2 Å². The average Bonchev–Trinajstić information content (AvgIpc) is 2.64. The molecule has 1 unspecified atom stereocenters. The van der Waals surface area contributed by atoms with Gasteiger partial charge in [0.2, 0.25) is 5.82 Å². The van der Waals surface area contributed by atoms with E-state index in [1.807, 2.05) is 0 Å². The fourth-order valence-electron chi connectivity index (χ4n) is 0.907. The van der Waals surface area contributed by atoms with E-state index in [-0.39, 0.29) is 12.4 Å². The van der Waals surface area contributed by atoms with Crippen molar-refractivity contribution < 1.29 is 13.9 Å². The number of rotatable bonds is 3. The van der Waals surface area contributed by atoms with Crippen LogP contribution in [0.3, 0.4) is 0 Å². The van der Waals surface area contributed by atoms with Gasteiger partial charge in [0.1, 0.15) is 6.07 Å². The van der Waals surface area contributed by atoms with Gasteiger partial charge in [0, 0.05) is 12.4 Å². The van der Waals surface area contributed by atoms with Crippen LogP contribution in [-0.4, -0.2) is 22.1 Å². The highest BCUT2D eigenvalue weighted by atomic mass is 19.1. The Bertz CT molecular complexity index is 369. The third-order valence-corrected chi connectivity index (χ3v) is 1.49. The van der Waals surface area contributed by atoms with Crippen LogP contribution in [0.2, 0.25) is 0 Å². The van der Waals surface area contributed by atoms with E-state index >= 15 is 0 Å². The highest BCUT2D eigenvalue weighted by molar-refractivity contribution is 5.72. The summed E-state index contributed by atoms with van der Waals surface area (Å²) in [6.07, 6.45) is 0.442. The lowest BCUT2D eigenvalue weighted by Gasteiger charge is -2.08. The summed E-state index contributed by atoms with van der Waals surface area (Å²) >= 11 is 0. The number of nitriles is 1. The molecule has 14 heavy (non-hydrogen) atoms. The number of carbonyl (C=O) groups excluding carboxylic acids is 1. The van der Waals surface area contributed by atoms with E-state index in [9.17, 15) is 9.18 Å². The lowest BCUT2D eigenvalue weighted by molar-refractivity contribution is -0.152. The molecule has 0 aromatic carbocycles. The zero-order valence-corrected chi connectivity index (χ0v) is 7.48. The van der Waals surface area contributed by atoms with Crippen molar-refractivity contribution in [3.05, 3.63) is 18.2 Å². The normalized spacial score (nSPS) is 11.8. The molecule has 1 rings (SSSR count). The van der Waals surface area contributed by atoms with Crippen LogP contribution < -0.4 is 0 Å². The third kappa shape index (κ3) is 1.88. The predicted molar refractivity (Wildman–Crippen MR) is 43.7 cm³/mol. The Balaban J connectivity index is 2.84. The third-order valence-electron chi connectivity index (χ3n) is 1.49. The molecule has 0 saturated carbocycles. The molecule has 0 N–H and O–H groups in total. The summed E-state index contributed by atoms with van der Waals surface area (Å²) in [5.74, 6) is -1.19. The molecule has 0 saturated heterocycles. The largest absolute Gasteiger partial charge is 0.462 e. The molecule has 0 aliphatic carbocycles. The van der Waals surface area contributed by atoms with Gasteiger partial charge in [-0.15, -0.1) is 0 Å². The molecule has 0 amide bonds. The summed E-state index contributed by atoms with van der Waals surface area (Å²) in [4.78, 5) is 14.5. The number of esters is 1. The van der Waals surface area contributed by atoms with Crippen LogP contribution in [0.25, 0.3) is 0 Å². The van der Waals surface area contributed by atoms with Crippen LogP contribution in [0.1, 0.15) is 19.0 Å². The summed E-state index contributed by atoms with van der Waals surface area (Å²) in [7, 11) is 0. The number of imidazole rings is 1. The first kappa shape index (κ1) is 10.2. The van der Waals surface area contributed by atoms with Gasteiger partial charge in [0.25, 0.3) is 6.30 Å². The lowest BCUT2D eigenvalue weighted by atomic mass is 10.5. The minimum absolute atomic E-state index is 0.0931. The molecule has 74 valence electrons. The van der Waals surface area contributed by atoms with Crippen molar-refractivity contribution in [2.24, 2.45) is 0 Å². The van der Waals surface area contributed by atoms with E-state index in [0.717, 1.165) is 4.57 Å². The number of aromatic nitrogens is 2. The van der Waals surface area contributed by atoms with Crippen molar-refractivity contribution in [2.45, 2.75) is 13.2 Å². The maximum Gasteiger partial charge on any atom is 0.362 e. The van der Waals surface area contributed by atoms with Crippen molar-refractivity contribution in [3.63, 3.8) is 0 Å². The lowest BCUT2D eigenvalue weighted by Crippen LogP contribution is -2.18. The van der Waals surface area contributed by atoms with Gasteiger partial charge in [0.05, 0.1) is 6.61 Å². The number of alkyl halides is 1. The summed E-state index contributed by atoms with van der Waals surface area (Å²) in [6.45, 7) is 1.67. The first-order valence-corrected chi connectivity index (χ1v) is 3.94. The number of nitrogens with zero attached hydrogens (tertiary/aromatic N) is 3. The van der Waals surface area contributed by atoms with Crippen molar-refractivity contribution >= 4 is 5.97 Å². The van der Waals surface area contributed by atoms with Gasteiger partial charge >= 0.3 is 5.97 Å². The highest BCUT2D eigenvalue weighted by Crippen LogP contribution is 2.12. The molecule has 0 fully saturated rings. The fourth-order valence-corrected chi connectivity index (χ4v) is 0.907. The Hall–Kier alpha value is -1.90. The molecule has 0 spiro atoms. The minimum Gasteiger partial charge on any atom is -0.462 e. The maximum absolute atomic E-state index is 13.3. The van der Waals surface area contributed by atoms with E-state index in [4.69, 9.17) is 5.26 Å². The molecule has 0 aliphatic heterocycles. The Labute approximate surface area is 79.7 Å². The Kier molecular flexibility index (Phi) is 3.18. The highest BCUT2D eigenvalue weighted by Gasteiger charge is 2.22. The van der Waals surface area contributed by atoms with Crippen molar-refractivity contribution in [2.75, 3.05) is 6.61 Å². The first-order chi connectivity index (χ1) is 6.70. The van der Waals surface area contributed by atoms with E-state index in [1.54, 1.807) is 13.0 Å². The zero-order chi connectivity index (χ0) is 10.6. The van der Waals surface area contributed by atoms with E-state index in [1.165, 1.54) is 12.4 Å².